The Hall–Kier alpha value is -5.64. The number of Topliss-reactive ketones (excluding diaryl/α,β-unsaturated/α-hetero) is 1. The Labute approximate surface area is 590 Å². The number of hydrogen-bond donors (Lipinski definition) is 2. The molecule has 6 aliphatic rings. The maximum atomic E-state index is 13.6. The number of benzene rings is 4. The Morgan fingerprint density at radius 3 is 1.41 bits per heavy atom. The fraction of sp³-hybridized carbons (Fsp3) is 0.521. The molecule has 6 atom stereocenters. The molecule has 6 aromatic rings. The first-order valence-corrected chi connectivity index (χ1v) is 38.3. The number of anilines is 2. The first-order chi connectivity index (χ1) is 46.4. The van der Waals surface area contributed by atoms with E-state index in [1.165, 1.54) is 0 Å². The fourth-order valence-electron chi connectivity index (χ4n) is 13.4. The molecule has 0 unspecified atom stereocenters. The normalized spacial score (nSPS) is 20.6. The molecule has 4 bridgehead atoms. The van der Waals surface area contributed by atoms with E-state index in [1.807, 2.05) is 50.2 Å². The molecule has 4 aliphatic carbocycles. The molecule has 21 nitrogen and oxygen atoms in total. The minimum Gasteiger partial charge on any atom is -0.461 e. The summed E-state index contributed by atoms with van der Waals surface area (Å²) in [6, 6.07) is 22.6. The minimum absolute atomic E-state index is 0.0749. The van der Waals surface area contributed by atoms with E-state index in [2.05, 4.69) is 20.1 Å². The molecular formula is C71H84Cl4N4O17P2. The smallest absolute Gasteiger partial charge is 0.338 e. The minimum atomic E-state index is -4.21. The second-order valence-corrected chi connectivity index (χ2v) is 34.1. The van der Waals surface area contributed by atoms with Crippen molar-refractivity contribution in [2.45, 2.75) is 169 Å². The largest absolute Gasteiger partial charge is 0.461 e. The number of rotatable bonds is 27. The van der Waals surface area contributed by atoms with E-state index in [-0.39, 0.29) is 43.6 Å². The number of ether oxygens (including phenoxy) is 5. The standard InChI is InChI=1S/C42H53Cl2N2O10P.C29H31Cl2N2O7P/c1-25-18-27(34(47)12-9-17-57(50,54-23-52-39(48)41(2,3)4)55-24-53-40(49)42(5,6)7)15-16-33(25)46-21-28-19-29(46)20-35(28)51-22-30-37(45-56-38(30)26-13-14-26)36-31(43)10-8-11-32(36)44;1-16-11-18(29(34)38-9-10-41(35,36)37)7-8-24(16)33-14-19-12-20(33)13-25(19)39-15-21-27(32-40-28(21)17-5-6-17)26-22(30)3-2-4-23(26)31/h8,10-11,15-16,18,26,28-29,35H,9,12-14,17,19-24H2,1-7H3;2-4,7-8,11,17,19-20,25H,5-6,9-10,12-15H2,1H3,(H2,35,36,37)/t28-,29-,35+;19-,20-,25+/m00/s1. The monoisotopic (exact) mass is 1470 g/mol. The van der Waals surface area contributed by atoms with Crippen LogP contribution in [0.4, 0.5) is 11.4 Å². The van der Waals surface area contributed by atoms with Crippen LogP contribution in [0.3, 0.4) is 0 Å². The van der Waals surface area contributed by atoms with Gasteiger partial charge in [0.2, 0.25) is 13.6 Å². The van der Waals surface area contributed by atoms with Gasteiger partial charge < -0.3 is 52.3 Å². The quantitative estimate of drug-likeness (QED) is 0.0159. The summed E-state index contributed by atoms with van der Waals surface area (Å²) in [5, 5.41) is 10.9. The van der Waals surface area contributed by atoms with Crippen LogP contribution in [0.2, 0.25) is 20.1 Å². The molecule has 2 saturated heterocycles. The van der Waals surface area contributed by atoms with Gasteiger partial charge in [-0.05, 0) is 185 Å². The van der Waals surface area contributed by atoms with Gasteiger partial charge in [0.15, 0.2) is 5.78 Å². The Morgan fingerprint density at radius 1 is 0.592 bits per heavy atom. The average molecular weight is 1470 g/mol. The van der Waals surface area contributed by atoms with Crippen LogP contribution < -0.4 is 9.80 Å². The Balaban J connectivity index is 0.000000209. The summed E-state index contributed by atoms with van der Waals surface area (Å²) in [5.41, 5.74) is 7.91. The number of ketones is 1. The van der Waals surface area contributed by atoms with Gasteiger partial charge in [-0.25, -0.2) is 4.79 Å². The van der Waals surface area contributed by atoms with Crippen LogP contribution in [-0.2, 0) is 64.7 Å². The van der Waals surface area contributed by atoms with Crippen LogP contribution in [-0.4, -0.2) is 114 Å². The molecule has 2 N–H and O–H groups in total. The van der Waals surface area contributed by atoms with E-state index in [0.29, 0.717) is 103 Å². The SMILES string of the molecule is Cc1cc(C(=O)CCCP(=O)(OCOC(=O)C(C)(C)C)OCOC(=O)C(C)(C)C)ccc1N1C[C@@H]2C[C@H]1C[C@H]2OCc1c(-c2c(Cl)cccc2Cl)noc1C1CC1.Cc1cc(C(=O)OCCP(=O)(O)O)ccc1N1C[C@@H]2C[C@H]1C[C@H]2OCc1c(-c2c(Cl)cccc2Cl)noc1C1CC1. The molecule has 0 amide bonds. The number of aromatic nitrogens is 2. The van der Waals surface area contributed by atoms with Gasteiger partial charge in [0, 0.05) is 94.5 Å². The highest BCUT2D eigenvalue weighted by atomic mass is 35.5. The van der Waals surface area contributed by atoms with E-state index < -0.39 is 63.7 Å². The molecule has 98 heavy (non-hydrogen) atoms. The van der Waals surface area contributed by atoms with Crippen LogP contribution in [0.15, 0.2) is 81.8 Å². The second kappa shape index (κ2) is 30.5. The lowest BCUT2D eigenvalue weighted by Gasteiger charge is -2.34. The van der Waals surface area contributed by atoms with Gasteiger partial charge in [0.25, 0.3) is 0 Å². The van der Waals surface area contributed by atoms with Crippen LogP contribution in [0.1, 0.15) is 172 Å². The third kappa shape index (κ3) is 17.6. The predicted molar refractivity (Wildman–Crippen MR) is 371 cm³/mol. The van der Waals surface area contributed by atoms with Gasteiger partial charge in [-0.3, -0.25) is 32.6 Å². The summed E-state index contributed by atoms with van der Waals surface area (Å²) in [7, 11) is -8.13. The van der Waals surface area contributed by atoms with E-state index in [4.69, 9.17) is 98.0 Å². The van der Waals surface area contributed by atoms with Crippen molar-refractivity contribution in [3.63, 3.8) is 0 Å². The number of fused-ring (bicyclic) bond motifs is 4. The van der Waals surface area contributed by atoms with Crippen molar-refractivity contribution in [2.24, 2.45) is 22.7 Å². The van der Waals surface area contributed by atoms with Crippen LogP contribution in [0.5, 0.6) is 0 Å². The molecule has 27 heteroatoms. The summed E-state index contributed by atoms with van der Waals surface area (Å²) in [4.78, 5) is 72.8. The molecule has 4 saturated carbocycles. The lowest BCUT2D eigenvalue weighted by molar-refractivity contribution is -0.162. The highest BCUT2D eigenvalue weighted by Gasteiger charge is 2.48. The van der Waals surface area contributed by atoms with Crippen molar-refractivity contribution >= 4 is 96.7 Å². The van der Waals surface area contributed by atoms with Crippen molar-refractivity contribution in [1.82, 2.24) is 10.3 Å². The van der Waals surface area contributed by atoms with Gasteiger partial charge in [-0.1, -0.05) is 68.8 Å². The van der Waals surface area contributed by atoms with Gasteiger partial charge in [0.05, 0.1) is 74.2 Å². The summed E-state index contributed by atoms with van der Waals surface area (Å²) in [6.07, 6.45) is 7.88. The number of hydrogen-bond acceptors (Lipinski definition) is 19. The van der Waals surface area contributed by atoms with Crippen molar-refractivity contribution in [3.05, 3.63) is 138 Å². The number of halogens is 4. The number of carbonyl (C=O) groups is 4. The number of piperidine rings is 2. The molecular weight excluding hydrogens is 1380 g/mol. The predicted octanol–water partition coefficient (Wildman–Crippen LogP) is 16.7. The first-order valence-electron chi connectivity index (χ1n) is 33.2. The summed E-state index contributed by atoms with van der Waals surface area (Å²) in [5.74, 6) is 1.35. The van der Waals surface area contributed by atoms with Gasteiger partial charge in [0.1, 0.15) is 29.5 Å². The van der Waals surface area contributed by atoms with E-state index >= 15 is 0 Å². The fourth-order valence-corrected chi connectivity index (χ4v) is 16.2. The lowest BCUT2D eigenvalue weighted by atomic mass is 9.98. The van der Waals surface area contributed by atoms with Gasteiger partial charge in [-0.2, -0.15) is 0 Å². The van der Waals surface area contributed by atoms with Gasteiger partial charge >= 0.3 is 33.1 Å². The number of esters is 3. The molecule has 2 aromatic heterocycles. The summed E-state index contributed by atoms with van der Waals surface area (Å²) in [6.45, 7) is 15.0. The average Bonchev–Trinajstić information content (AvgIpc) is 1.62. The Kier molecular flexibility index (Phi) is 22.9. The van der Waals surface area contributed by atoms with E-state index in [0.717, 1.165) is 110 Å². The van der Waals surface area contributed by atoms with Crippen molar-refractivity contribution in [2.75, 3.05) is 55.4 Å². The third-order valence-electron chi connectivity index (χ3n) is 18.9. The molecule has 4 aromatic carbocycles. The topological polar surface area (TPSA) is 266 Å². The van der Waals surface area contributed by atoms with Crippen molar-refractivity contribution in [1.29, 1.82) is 0 Å². The lowest BCUT2D eigenvalue weighted by Crippen LogP contribution is -2.39. The third-order valence-corrected chi connectivity index (χ3v) is 22.8. The first kappa shape index (κ1) is 73.6. The molecule has 12 rings (SSSR count). The molecule has 2 aliphatic heterocycles. The zero-order valence-corrected chi connectivity index (χ0v) is 61.0. The Morgan fingerprint density at radius 2 is 1.02 bits per heavy atom. The van der Waals surface area contributed by atoms with Crippen LogP contribution >= 0.6 is 61.6 Å². The van der Waals surface area contributed by atoms with Crippen LogP contribution in [0.25, 0.3) is 22.5 Å². The molecule has 6 fully saturated rings. The van der Waals surface area contributed by atoms with Crippen LogP contribution in [0, 0.1) is 36.5 Å². The zero-order chi connectivity index (χ0) is 70.2. The van der Waals surface area contributed by atoms with Crippen molar-refractivity contribution in [3.8, 4) is 22.5 Å². The summed E-state index contributed by atoms with van der Waals surface area (Å²) >= 11 is 26.1. The maximum absolute atomic E-state index is 13.6. The van der Waals surface area contributed by atoms with E-state index in [1.54, 1.807) is 77.9 Å². The Bertz CT molecular complexity index is 3970. The molecule has 0 radical (unpaired) electrons. The van der Waals surface area contributed by atoms with Gasteiger partial charge in [-0.15, -0.1) is 0 Å². The number of nitrogens with zero attached hydrogens (tertiary/aromatic N) is 4. The number of carbonyl (C=O) groups excluding carboxylic acids is 4. The second-order valence-electron chi connectivity index (χ2n) is 28.5. The summed E-state index contributed by atoms with van der Waals surface area (Å²) < 4.78 is 75.5. The highest BCUT2D eigenvalue weighted by molar-refractivity contribution is 7.53. The van der Waals surface area contributed by atoms with E-state index in [9.17, 15) is 28.3 Å². The maximum Gasteiger partial charge on any atom is 0.338 e. The molecule has 4 heterocycles. The van der Waals surface area contributed by atoms with Crippen molar-refractivity contribution < 1.29 is 79.9 Å². The number of aryl methyl sites for hydroxylation is 2. The molecule has 0 spiro atoms. The highest BCUT2D eigenvalue weighted by Crippen LogP contribution is 2.52. The zero-order valence-electron chi connectivity index (χ0n) is 56.2. The molecule has 528 valence electrons.